The Bertz CT molecular complexity index is 1870. The lowest BCUT2D eigenvalue weighted by atomic mass is 9.95. The SMILES string of the molecule is CCc1ccc(C(=O)Nc2ccc(F)cc2)cc1-c1nc(NCCN(C)C)nc2c1CNC(=O)N2c1c(F)cccc1F.O=C(O)C(F)(F)F. The molecule has 0 spiro atoms. The molecule has 50 heavy (non-hydrogen) atoms. The number of nitrogens with zero attached hydrogens (tertiary/aromatic N) is 4. The smallest absolute Gasteiger partial charge is 0.475 e. The van der Waals surface area contributed by atoms with Gasteiger partial charge in [-0.15, -0.1) is 0 Å². The average molecular weight is 704 g/mol. The molecule has 17 heteroatoms. The molecule has 0 saturated heterocycles. The third-order valence-corrected chi connectivity index (χ3v) is 7.17. The minimum Gasteiger partial charge on any atom is -0.475 e. The molecule has 0 aliphatic carbocycles. The van der Waals surface area contributed by atoms with Crippen molar-refractivity contribution in [2.75, 3.05) is 42.7 Å². The maximum atomic E-state index is 15.0. The number of carbonyl (C=O) groups is 3. The summed E-state index contributed by atoms with van der Waals surface area (Å²) in [6.07, 6.45) is -4.50. The second-order valence-electron chi connectivity index (χ2n) is 11.0. The van der Waals surface area contributed by atoms with E-state index >= 15 is 0 Å². The maximum Gasteiger partial charge on any atom is 0.490 e. The van der Waals surface area contributed by atoms with E-state index in [4.69, 9.17) is 14.9 Å². The van der Waals surface area contributed by atoms with Crippen molar-refractivity contribution < 1.29 is 45.8 Å². The molecule has 1 aromatic heterocycles. The fraction of sp³-hybridized carbons (Fsp3) is 0.242. The summed E-state index contributed by atoms with van der Waals surface area (Å²) in [6.45, 7) is 3.03. The fourth-order valence-corrected chi connectivity index (χ4v) is 4.75. The molecular formula is C33H31F6N7O4. The van der Waals surface area contributed by atoms with Gasteiger partial charge < -0.3 is 26.0 Å². The van der Waals surface area contributed by atoms with E-state index < -0.39 is 47.2 Å². The molecule has 0 radical (unpaired) electrons. The van der Waals surface area contributed by atoms with Gasteiger partial charge in [0.05, 0.1) is 12.2 Å². The first-order valence-electron chi connectivity index (χ1n) is 14.9. The number of anilines is 4. The van der Waals surface area contributed by atoms with E-state index in [1.54, 1.807) is 18.2 Å². The highest BCUT2D eigenvalue weighted by atomic mass is 19.4. The molecule has 11 nitrogen and oxygen atoms in total. The highest BCUT2D eigenvalue weighted by molar-refractivity contribution is 6.06. The number of aliphatic carboxylic acids is 1. The van der Waals surface area contributed by atoms with Crippen LogP contribution in [-0.4, -0.2) is 71.2 Å². The van der Waals surface area contributed by atoms with Crippen molar-refractivity contribution in [3.05, 3.63) is 94.8 Å². The number of aryl methyl sites for hydroxylation is 1. The summed E-state index contributed by atoms with van der Waals surface area (Å²) in [5.74, 6) is -5.30. The van der Waals surface area contributed by atoms with Gasteiger partial charge in [0.2, 0.25) is 5.95 Å². The van der Waals surface area contributed by atoms with Gasteiger partial charge in [-0.3, -0.25) is 4.79 Å². The Labute approximate surface area is 281 Å². The first-order valence-corrected chi connectivity index (χ1v) is 14.9. The largest absolute Gasteiger partial charge is 0.490 e. The monoisotopic (exact) mass is 703 g/mol. The first kappa shape index (κ1) is 37.1. The molecule has 3 amide bonds. The molecule has 5 rings (SSSR count). The van der Waals surface area contributed by atoms with E-state index in [9.17, 15) is 35.9 Å². The summed E-state index contributed by atoms with van der Waals surface area (Å²) in [4.78, 5) is 47.3. The predicted octanol–water partition coefficient (Wildman–Crippen LogP) is 6.34. The first-order chi connectivity index (χ1) is 23.6. The highest BCUT2D eigenvalue weighted by Gasteiger charge is 2.38. The summed E-state index contributed by atoms with van der Waals surface area (Å²) >= 11 is 0. The number of alkyl halides is 3. The Kier molecular flexibility index (Phi) is 11.6. The van der Waals surface area contributed by atoms with Crippen LogP contribution >= 0.6 is 0 Å². The standard InChI is InChI=1S/C31H30F3N7O2.C2HF3O2/c1-4-18-8-9-19(29(42)37-21-12-10-20(32)11-13-21)16-22(18)26-23-17-36-31(43)41(27-24(33)6-5-7-25(27)34)28(23)39-30(38-26)35-14-15-40(2)3;3-2(4,5)1(6)7/h5-13,16H,4,14-15,17H2,1-3H3,(H,36,43)(H,37,42)(H,35,38,39);(H,6,7). The Morgan fingerprint density at radius 1 is 1.00 bits per heavy atom. The topological polar surface area (TPSA) is 140 Å². The van der Waals surface area contributed by atoms with Crippen LogP contribution in [0.4, 0.5) is 54.3 Å². The molecule has 0 atom stereocenters. The predicted molar refractivity (Wildman–Crippen MR) is 173 cm³/mol. The van der Waals surface area contributed by atoms with Crippen LogP contribution in [0.5, 0.6) is 0 Å². The number of halogens is 6. The lowest BCUT2D eigenvalue weighted by Crippen LogP contribution is -2.43. The van der Waals surface area contributed by atoms with Gasteiger partial charge in [-0.05, 0) is 74.6 Å². The summed E-state index contributed by atoms with van der Waals surface area (Å²) in [5.41, 5.74) is 2.42. The van der Waals surface area contributed by atoms with Gasteiger partial charge in [-0.25, -0.2) is 32.6 Å². The molecule has 4 aromatic rings. The van der Waals surface area contributed by atoms with Gasteiger partial charge in [0.1, 0.15) is 23.1 Å². The lowest BCUT2D eigenvalue weighted by Gasteiger charge is -2.31. The molecule has 0 bridgehead atoms. The van der Waals surface area contributed by atoms with Crippen molar-refractivity contribution in [3.8, 4) is 11.3 Å². The third-order valence-electron chi connectivity index (χ3n) is 7.17. The van der Waals surface area contributed by atoms with Crippen LogP contribution in [0.1, 0.15) is 28.4 Å². The number of rotatable bonds is 9. The molecule has 0 fully saturated rings. The number of carboxylic acid groups (broad SMARTS) is 1. The van der Waals surface area contributed by atoms with Crippen LogP contribution in [0.2, 0.25) is 0 Å². The quantitative estimate of drug-likeness (QED) is 0.148. The van der Waals surface area contributed by atoms with Gasteiger partial charge in [0.25, 0.3) is 5.91 Å². The van der Waals surface area contributed by atoms with Gasteiger partial charge in [0, 0.05) is 35.5 Å². The molecule has 0 saturated carbocycles. The molecule has 1 aliphatic heterocycles. The third kappa shape index (κ3) is 8.84. The number of nitrogens with one attached hydrogen (secondary N) is 3. The van der Waals surface area contributed by atoms with Crippen LogP contribution < -0.4 is 20.9 Å². The number of carbonyl (C=O) groups excluding carboxylic acids is 2. The van der Waals surface area contributed by atoms with Crippen LogP contribution in [0, 0.1) is 17.5 Å². The Hall–Kier alpha value is -5.71. The highest BCUT2D eigenvalue weighted by Crippen LogP contribution is 2.39. The van der Waals surface area contributed by atoms with Crippen molar-refractivity contribution in [2.45, 2.75) is 26.1 Å². The zero-order valence-corrected chi connectivity index (χ0v) is 26.8. The summed E-state index contributed by atoms with van der Waals surface area (Å²) in [5, 5.41) is 15.7. The summed E-state index contributed by atoms with van der Waals surface area (Å²) in [6, 6.07) is 13.2. The van der Waals surface area contributed by atoms with Crippen molar-refractivity contribution in [3.63, 3.8) is 0 Å². The number of benzene rings is 3. The average Bonchev–Trinajstić information content (AvgIpc) is 3.05. The molecule has 3 aromatic carbocycles. The van der Waals surface area contributed by atoms with E-state index in [2.05, 4.69) is 20.9 Å². The van der Waals surface area contributed by atoms with E-state index in [1.165, 1.54) is 30.3 Å². The second-order valence-corrected chi connectivity index (χ2v) is 11.0. The summed E-state index contributed by atoms with van der Waals surface area (Å²) in [7, 11) is 3.81. The van der Waals surface area contributed by atoms with Gasteiger partial charge >= 0.3 is 18.2 Å². The number of likely N-dealkylation sites (N-methyl/N-ethyl adjacent to an activating group) is 1. The number of aromatic nitrogens is 2. The number of urea groups is 1. The normalized spacial score (nSPS) is 12.4. The van der Waals surface area contributed by atoms with Crippen LogP contribution in [0.15, 0.2) is 60.7 Å². The van der Waals surface area contributed by atoms with Crippen molar-refractivity contribution in [2.24, 2.45) is 0 Å². The van der Waals surface area contributed by atoms with Crippen molar-refractivity contribution >= 4 is 41.0 Å². The molecular weight excluding hydrogens is 672 g/mol. The van der Waals surface area contributed by atoms with E-state index in [0.717, 1.165) is 22.6 Å². The van der Waals surface area contributed by atoms with E-state index in [-0.39, 0.29) is 18.3 Å². The fourth-order valence-electron chi connectivity index (χ4n) is 4.75. The molecule has 264 valence electrons. The number of carboxylic acids is 1. The zero-order valence-electron chi connectivity index (χ0n) is 26.8. The minimum absolute atomic E-state index is 0.0107. The Morgan fingerprint density at radius 3 is 2.22 bits per heavy atom. The van der Waals surface area contributed by atoms with Gasteiger partial charge in [-0.2, -0.15) is 18.2 Å². The number of para-hydroxylation sites is 1. The van der Waals surface area contributed by atoms with Crippen molar-refractivity contribution in [1.82, 2.24) is 20.2 Å². The number of fused-ring (bicyclic) bond motifs is 1. The van der Waals surface area contributed by atoms with Gasteiger partial charge in [0.15, 0.2) is 5.82 Å². The van der Waals surface area contributed by atoms with E-state index in [0.29, 0.717) is 47.6 Å². The number of hydrogen-bond acceptors (Lipinski definition) is 7. The van der Waals surface area contributed by atoms with Crippen molar-refractivity contribution in [1.29, 1.82) is 0 Å². The maximum absolute atomic E-state index is 15.0. The Morgan fingerprint density at radius 2 is 1.64 bits per heavy atom. The van der Waals surface area contributed by atoms with Crippen LogP contribution in [0.25, 0.3) is 11.3 Å². The molecule has 1 aliphatic rings. The number of amides is 3. The molecule has 4 N–H and O–H groups in total. The van der Waals surface area contributed by atoms with Crippen LogP contribution in [0.3, 0.4) is 0 Å². The summed E-state index contributed by atoms with van der Waals surface area (Å²) < 4.78 is 75.1. The second kappa shape index (κ2) is 15.7. The molecule has 2 heterocycles. The minimum atomic E-state index is -5.08. The number of hydrogen-bond donors (Lipinski definition) is 4. The Balaban J connectivity index is 0.000000727. The van der Waals surface area contributed by atoms with Gasteiger partial charge in [-0.1, -0.05) is 19.1 Å². The molecule has 0 unspecified atom stereocenters. The van der Waals surface area contributed by atoms with E-state index in [1.807, 2.05) is 25.9 Å². The lowest BCUT2D eigenvalue weighted by molar-refractivity contribution is -0.192. The van der Waals surface area contributed by atoms with Crippen LogP contribution in [-0.2, 0) is 17.8 Å². The zero-order chi connectivity index (χ0) is 36.7.